The number of rotatable bonds is 5. The average molecular weight is 385 g/mol. The number of halogens is 1. The van der Waals surface area contributed by atoms with Gasteiger partial charge in [-0.25, -0.2) is 14.4 Å². The lowest BCUT2D eigenvalue weighted by Crippen LogP contribution is -2.30. The lowest BCUT2D eigenvalue weighted by molar-refractivity contribution is -0.146. The second kappa shape index (κ2) is 8.22. The van der Waals surface area contributed by atoms with Crippen LogP contribution >= 0.6 is 0 Å². The molecule has 0 unspecified atom stereocenters. The fraction of sp³-hybridized carbons (Fsp3) is 0.476. The van der Waals surface area contributed by atoms with Crippen LogP contribution in [0.2, 0.25) is 0 Å². The number of anilines is 1. The van der Waals surface area contributed by atoms with E-state index in [1.54, 1.807) is 0 Å². The Morgan fingerprint density at radius 1 is 1.25 bits per heavy atom. The Morgan fingerprint density at radius 3 is 2.71 bits per heavy atom. The fourth-order valence-corrected chi connectivity index (χ4v) is 3.83. The normalized spacial score (nSPS) is 22.4. The van der Waals surface area contributed by atoms with Crippen molar-refractivity contribution >= 4 is 11.9 Å². The first-order valence-corrected chi connectivity index (χ1v) is 9.69. The molecule has 6 nitrogen and oxygen atoms in total. The van der Waals surface area contributed by atoms with E-state index in [0.717, 1.165) is 36.8 Å². The molecule has 1 aromatic heterocycles. The summed E-state index contributed by atoms with van der Waals surface area (Å²) < 4.78 is 24.5. The number of hydrogen-bond donors (Lipinski definition) is 1. The molecule has 1 aliphatic carbocycles. The SMILES string of the molecule is COC(=O)C1CCC(Nc2ncc(F)c(-c3cccc(C4COC4)c3)n2)CC1. The van der Waals surface area contributed by atoms with Crippen molar-refractivity contribution in [2.75, 3.05) is 25.6 Å². The first-order valence-electron chi connectivity index (χ1n) is 9.69. The van der Waals surface area contributed by atoms with Crippen molar-refractivity contribution in [3.8, 4) is 11.3 Å². The second-order valence-corrected chi connectivity index (χ2v) is 7.47. The van der Waals surface area contributed by atoms with E-state index >= 15 is 0 Å². The molecule has 4 rings (SSSR count). The molecule has 0 spiro atoms. The van der Waals surface area contributed by atoms with E-state index in [0.29, 0.717) is 30.8 Å². The van der Waals surface area contributed by atoms with Gasteiger partial charge in [0.05, 0.1) is 32.4 Å². The van der Waals surface area contributed by atoms with Gasteiger partial charge in [-0.2, -0.15) is 0 Å². The predicted molar refractivity (Wildman–Crippen MR) is 102 cm³/mol. The van der Waals surface area contributed by atoms with Crippen LogP contribution in [0.5, 0.6) is 0 Å². The van der Waals surface area contributed by atoms with Gasteiger partial charge < -0.3 is 14.8 Å². The molecule has 0 amide bonds. The highest BCUT2D eigenvalue weighted by atomic mass is 19.1. The summed E-state index contributed by atoms with van der Waals surface area (Å²) in [5.74, 6) is 0.159. The minimum Gasteiger partial charge on any atom is -0.469 e. The molecule has 0 bridgehead atoms. The molecular formula is C21H24FN3O3. The third kappa shape index (κ3) is 3.99. The number of esters is 1. The van der Waals surface area contributed by atoms with Crippen molar-refractivity contribution in [2.24, 2.45) is 5.92 Å². The van der Waals surface area contributed by atoms with E-state index in [2.05, 4.69) is 15.3 Å². The van der Waals surface area contributed by atoms with Crippen molar-refractivity contribution in [1.82, 2.24) is 9.97 Å². The molecular weight excluding hydrogens is 361 g/mol. The minimum absolute atomic E-state index is 0.0361. The molecule has 28 heavy (non-hydrogen) atoms. The number of carbonyl (C=O) groups is 1. The fourth-order valence-electron chi connectivity index (χ4n) is 3.83. The van der Waals surface area contributed by atoms with Gasteiger partial charge in [0.2, 0.25) is 5.95 Å². The number of carbonyl (C=O) groups excluding carboxylic acids is 1. The van der Waals surface area contributed by atoms with Crippen LogP contribution in [0.4, 0.5) is 10.3 Å². The van der Waals surface area contributed by atoms with Gasteiger partial charge in [0.25, 0.3) is 0 Å². The van der Waals surface area contributed by atoms with Crippen LogP contribution in [0.25, 0.3) is 11.3 Å². The first kappa shape index (κ1) is 18.8. The first-order chi connectivity index (χ1) is 13.6. The van der Waals surface area contributed by atoms with Crippen LogP contribution in [0.3, 0.4) is 0 Å². The molecule has 1 aliphatic heterocycles. The van der Waals surface area contributed by atoms with E-state index < -0.39 is 5.82 Å². The third-order valence-corrected chi connectivity index (χ3v) is 5.61. The molecule has 7 heteroatoms. The van der Waals surface area contributed by atoms with Gasteiger partial charge in [-0.1, -0.05) is 18.2 Å². The Labute approximate surface area is 163 Å². The molecule has 148 valence electrons. The Kier molecular flexibility index (Phi) is 5.52. The second-order valence-electron chi connectivity index (χ2n) is 7.47. The highest BCUT2D eigenvalue weighted by Crippen LogP contribution is 2.30. The summed E-state index contributed by atoms with van der Waals surface area (Å²) in [6.07, 6.45) is 4.40. The highest BCUT2D eigenvalue weighted by Gasteiger charge is 2.27. The van der Waals surface area contributed by atoms with Gasteiger partial charge in [0, 0.05) is 17.5 Å². The van der Waals surface area contributed by atoms with Gasteiger partial charge in [0.1, 0.15) is 5.69 Å². The molecule has 0 radical (unpaired) electrons. The van der Waals surface area contributed by atoms with Crippen molar-refractivity contribution in [3.63, 3.8) is 0 Å². The molecule has 2 heterocycles. The Morgan fingerprint density at radius 2 is 2.04 bits per heavy atom. The van der Waals surface area contributed by atoms with Crippen LogP contribution in [0.1, 0.15) is 37.2 Å². The summed E-state index contributed by atoms with van der Waals surface area (Å²) in [4.78, 5) is 20.2. The number of aromatic nitrogens is 2. The van der Waals surface area contributed by atoms with E-state index in [1.165, 1.54) is 13.3 Å². The summed E-state index contributed by atoms with van der Waals surface area (Å²) in [5, 5.41) is 3.29. The van der Waals surface area contributed by atoms with E-state index in [-0.39, 0.29) is 17.9 Å². The molecule has 2 aliphatic rings. The van der Waals surface area contributed by atoms with Crippen LogP contribution in [0, 0.1) is 11.7 Å². The van der Waals surface area contributed by atoms with Gasteiger partial charge >= 0.3 is 5.97 Å². The van der Waals surface area contributed by atoms with Gasteiger partial charge in [-0.3, -0.25) is 4.79 Å². The highest BCUT2D eigenvalue weighted by molar-refractivity contribution is 5.72. The average Bonchev–Trinajstić information content (AvgIpc) is 2.68. The topological polar surface area (TPSA) is 73.3 Å². The molecule has 2 fully saturated rings. The molecule has 2 aromatic rings. The number of hydrogen-bond acceptors (Lipinski definition) is 6. The van der Waals surface area contributed by atoms with Gasteiger partial charge in [-0.05, 0) is 37.3 Å². The van der Waals surface area contributed by atoms with Crippen LogP contribution < -0.4 is 5.32 Å². The Balaban J connectivity index is 1.47. The van der Waals surface area contributed by atoms with Crippen LogP contribution in [0.15, 0.2) is 30.5 Å². The molecule has 1 N–H and O–H groups in total. The minimum atomic E-state index is -0.443. The van der Waals surface area contributed by atoms with Crippen LogP contribution in [-0.4, -0.2) is 42.3 Å². The van der Waals surface area contributed by atoms with Gasteiger partial charge in [0.15, 0.2) is 5.82 Å². The quantitative estimate of drug-likeness (QED) is 0.794. The number of nitrogens with one attached hydrogen (secondary N) is 1. The monoisotopic (exact) mass is 385 g/mol. The summed E-state index contributed by atoms with van der Waals surface area (Å²) in [6, 6.07) is 7.96. The molecule has 1 saturated heterocycles. The predicted octanol–water partition coefficient (Wildman–Crippen LogP) is 3.54. The lowest BCUT2D eigenvalue weighted by atomic mass is 9.86. The molecule has 1 saturated carbocycles. The Hall–Kier alpha value is -2.54. The van der Waals surface area contributed by atoms with Crippen molar-refractivity contribution in [2.45, 2.75) is 37.6 Å². The summed E-state index contributed by atoms with van der Waals surface area (Å²) in [7, 11) is 1.42. The number of benzene rings is 1. The summed E-state index contributed by atoms with van der Waals surface area (Å²) in [5.41, 5.74) is 2.17. The van der Waals surface area contributed by atoms with Crippen molar-refractivity contribution < 1.29 is 18.7 Å². The van der Waals surface area contributed by atoms with Gasteiger partial charge in [-0.15, -0.1) is 0 Å². The molecule has 1 aromatic carbocycles. The van der Waals surface area contributed by atoms with Crippen molar-refractivity contribution in [1.29, 1.82) is 0 Å². The summed E-state index contributed by atoms with van der Waals surface area (Å²) in [6.45, 7) is 1.41. The summed E-state index contributed by atoms with van der Waals surface area (Å²) >= 11 is 0. The smallest absolute Gasteiger partial charge is 0.308 e. The zero-order chi connectivity index (χ0) is 19.5. The zero-order valence-corrected chi connectivity index (χ0v) is 15.9. The van der Waals surface area contributed by atoms with Crippen LogP contribution in [-0.2, 0) is 14.3 Å². The number of nitrogens with zero attached hydrogens (tertiary/aromatic N) is 2. The van der Waals surface area contributed by atoms with E-state index in [9.17, 15) is 9.18 Å². The number of ether oxygens (including phenoxy) is 2. The lowest BCUT2D eigenvalue weighted by Gasteiger charge is -2.27. The molecule has 0 atom stereocenters. The third-order valence-electron chi connectivity index (χ3n) is 5.61. The van der Waals surface area contributed by atoms with E-state index in [1.807, 2.05) is 24.3 Å². The van der Waals surface area contributed by atoms with Crippen molar-refractivity contribution in [3.05, 3.63) is 41.8 Å². The maximum absolute atomic E-state index is 14.4. The maximum atomic E-state index is 14.4. The number of methoxy groups -OCH3 is 1. The maximum Gasteiger partial charge on any atom is 0.308 e. The standard InChI is InChI=1S/C21H24FN3O3/c1-27-20(26)13-5-7-17(8-6-13)24-21-23-10-18(22)19(25-21)15-4-2-3-14(9-15)16-11-28-12-16/h2-4,9-10,13,16-17H,5-8,11-12H2,1H3,(H,23,24,25). The van der Waals surface area contributed by atoms with E-state index in [4.69, 9.17) is 9.47 Å². The Bertz CT molecular complexity index is 849. The largest absolute Gasteiger partial charge is 0.469 e. The zero-order valence-electron chi connectivity index (χ0n) is 15.9.